The normalized spacial score (nSPS) is 16.4. The summed E-state index contributed by atoms with van der Waals surface area (Å²) < 4.78 is 32.1. The first kappa shape index (κ1) is 26.8. The number of thioether (sulfide) groups is 1. The Labute approximate surface area is 213 Å². The van der Waals surface area contributed by atoms with Crippen LogP contribution in [0, 0.1) is 18.3 Å². The van der Waals surface area contributed by atoms with Crippen molar-refractivity contribution in [1.82, 2.24) is 0 Å². The fourth-order valence-corrected chi connectivity index (χ4v) is 6.21. The molecule has 0 saturated heterocycles. The second-order valence-electron chi connectivity index (χ2n) is 9.55. The summed E-state index contributed by atoms with van der Waals surface area (Å²) in [6.45, 7) is 14.1. The zero-order valence-electron chi connectivity index (χ0n) is 21.3. The van der Waals surface area contributed by atoms with Crippen LogP contribution in [0.4, 0.5) is 0 Å². The fraction of sp³-hybridized carbons (Fsp3) is 0.357. The summed E-state index contributed by atoms with van der Waals surface area (Å²) in [5.74, 6) is 0.264. The smallest absolute Gasteiger partial charge is 0.264 e. The topological polar surface area (TPSA) is 79.5 Å². The van der Waals surface area contributed by atoms with Crippen LogP contribution in [0.5, 0.6) is 0 Å². The third-order valence-corrected chi connectivity index (χ3v) is 8.14. The molecule has 0 aromatic heterocycles. The van der Waals surface area contributed by atoms with Crippen molar-refractivity contribution in [2.75, 3.05) is 0 Å². The number of aryl methyl sites for hydroxylation is 1. The van der Waals surface area contributed by atoms with E-state index in [9.17, 15) is 13.7 Å². The van der Waals surface area contributed by atoms with Crippen LogP contribution in [0.2, 0.25) is 0 Å². The second kappa shape index (κ2) is 10.8. The molecule has 0 atom stereocenters. The molecule has 0 spiro atoms. The van der Waals surface area contributed by atoms with E-state index in [1.807, 2.05) is 71.0 Å². The van der Waals surface area contributed by atoms with Crippen LogP contribution in [-0.2, 0) is 14.4 Å². The standard InChI is InChI=1S/C28H32N2O3S2/c1-17(2)21-14-23(18(3)4)28(24(15-21)19(5)6)35(31,32)33-30-27-13-12-26(34-27)25(16-29)22-11-9-8-10-20(22)7/h8-15,17-19H,1-7H3/b26-25-,30-27+. The highest BCUT2D eigenvalue weighted by Crippen LogP contribution is 2.38. The van der Waals surface area contributed by atoms with Gasteiger partial charge in [-0.25, -0.2) is 0 Å². The molecule has 0 amide bonds. The minimum absolute atomic E-state index is 0.00480. The molecular weight excluding hydrogens is 476 g/mol. The van der Waals surface area contributed by atoms with Gasteiger partial charge < -0.3 is 0 Å². The lowest BCUT2D eigenvalue weighted by atomic mass is 9.89. The maximum Gasteiger partial charge on any atom is 0.359 e. The van der Waals surface area contributed by atoms with Crippen molar-refractivity contribution in [3.63, 3.8) is 0 Å². The van der Waals surface area contributed by atoms with Gasteiger partial charge >= 0.3 is 10.1 Å². The second-order valence-corrected chi connectivity index (χ2v) is 12.1. The fourth-order valence-electron chi connectivity index (χ4n) is 3.91. The number of rotatable bonds is 7. The summed E-state index contributed by atoms with van der Waals surface area (Å²) in [5, 5.41) is 14.1. The Hall–Kier alpha value is -2.82. The third-order valence-electron chi connectivity index (χ3n) is 5.92. The first-order valence-corrected chi connectivity index (χ1v) is 13.9. The molecule has 1 heterocycles. The SMILES string of the molecule is Cc1ccccc1/C(C#N)=C1C=C/C(=N\OS(=O)(=O)c2c(C(C)C)cc(C(C)C)cc2C(C)C)S/1. The predicted molar refractivity (Wildman–Crippen MR) is 145 cm³/mol. The van der Waals surface area contributed by atoms with Crippen LogP contribution in [0.3, 0.4) is 0 Å². The van der Waals surface area contributed by atoms with Crippen LogP contribution in [-0.4, -0.2) is 13.5 Å². The zero-order valence-corrected chi connectivity index (χ0v) is 22.9. The van der Waals surface area contributed by atoms with E-state index in [0.717, 1.165) is 27.8 Å². The van der Waals surface area contributed by atoms with E-state index >= 15 is 0 Å². The summed E-state index contributed by atoms with van der Waals surface area (Å²) in [7, 11) is -4.16. The highest BCUT2D eigenvalue weighted by Gasteiger charge is 2.29. The van der Waals surface area contributed by atoms with Crippen LogP contribution in [0.25, 0.3) is 5.57 Å². The molecule has 35 heavy (non-hydrogen) atoms. The molecule has 0 saturated carbocycles. The van der Waals surface area contributed by atoms with E-state index < -0.39 is 10.1 Å². The summed E-state index contributed by atoms with van der Waals surface area (Å²) >= 11 is 1.22. The first-order valence-electron chi connectivity index (χ1n) is 11.7. The predicted octanol–water partition coefficient (Wildman–Crippen LogP) is 7.62. The minimum Gasteiger partial charge on any atom is -0.264 e. The number of benzene rings is 2. The Morgan fingerprint density at radius 3 is 2.09 bits per heavy atom. The number of nitrogens with zero attached hydrogens (tertiary/aromatic N) is 2. The lowest BCUT2D eigenvalue weighted by molar-refractivity contribution is 0.339. The van der Waals surface area contributed by atoms with Gasteiger partial charge in [-0.15, -0.1) is 0 Å². The number of nitriles is 1. The molecule has 184 valence electrons. The van der Waals surface area contributed by atoms with Crippen molar-refractivity contribution < 1.29 is 12.7 Å². The summed E-state index contributed by atoms with van der Waals surface area (Å²) in [6.07, 6.45) is 3.43. The van der Waals surface area contributed by atoms with Gasteiger partial charge in [0.25, 0.3) is 0 Å². The van der Waals surface area contributed by atoms with Gasteiger partial charge in [-0.1, -0.05) is 94.9 Å². The van der Waals surface area contributed by atoms with Crippen molar-refractivity contribution in [2.45, 2.75) is 71.1 Å². The molecule has 0 unspecified atom stereocenters. The number of oxime groups is 1. The zero-order chi connectivity index (χ0) is 25.9. The summed E-state index contributed by atoms with van der Waals surface area (Å²) in [5.41, 5.74) is 4.92. The lowest BCUT2D eigenvalue weighted by Crippen LogP contribution is -2.13. The molecule has 2 aromatic carbocycles. The quantitative estimate of drug-likeness (QED) is 0.284. The Balaban J connectivity index is 1.98. The van der Waals surface area contributed by atoms with E-state index in [-0.39, 0.29) is 22.6 Å². The lowest BCUT2D eigenvalue weighted by Gasteiger charge is -2.21. The minimum atomic E-state index is -4.16. The maximum atomic E-state index is 13.4. The first-order chi connectivity index (χ1) is 16.5. The molecule has 0 N–H and O–H groups in total. The molecule has 1 aliphatic heterocycles. The van der Waals surface area contributed by atoms with Crippen molar-refractivity contribution >= 4 is 32.5 Å². The van der Waals surface area contributed by atoms with Crippen LogP contribution in [0.1, 0.15) is 87.1 Å². The van der Waals surface area contributed by atoms with E-state index in [1.165, 1.54) is 11.8 Å². The average molecular weight is 509 g/mol. The Kier molecular flexibility index (Phi) is 8.30. The van der Waals surface area contributed by atoms with Gasteiger partial charge in [-0.3, -0.25) is 4.28 Å². The van der Waals surface area contributed by atoms with Gasteiger partial charge in [-0.2, -0.15) is 13.7 Å². The van der Waals surface area contributed by atoms with Crippen molar-refractivity contribution in [2.24, 2.45) is 5.16 Å². The molecule has 0 radical (unpaired) electrons. The van der Waals surface area contributed by atoms with Gasteiger partial charge in [-0.05, 0) is 64.6 Å². The van der Waals surface area contributed by atoms with Crippen LogP contribution >= 0.6 is 11.8 Å². The molecule has 0 fully saturated rings. The molecule has 0 aliphatic carbocycles. The van der Waals surface area contributed by atoms with Crippen LogP contribution < -0.4 is 0 Å². The molecule has 0 bridgehead atoms. The number of hydrogen-bond donors (Lipinski definition) is 0. The van der Waals surface area contributed by atoms with Crippen molar-refractivity contribution in [3.05, 3.63) is 81.3 Å². The van der Waals surface area contributed by atoms with E-state index in [0.29, 0.717) is 15.5 Å². The van der Waals surface area contributed by atoms with Crippen molar-refractivity contribution in [1.29, 1.82) is 5.26 Å². The van der Waals surface area contributed by atoms with E-state index in [1.54, 1.807) is 12.2 Å². The number of allylic oxidation sites excluding steroid dienone is 2. The molecule has 7 heteroatoms. The van der Waals surface area contributed by atoms with Gasteiger partial charge in [0.15, 0.2) is 0 Å². The van der Waals surface area contributed by atoms with Crippen molar-refractivity contribution in [3.8, 4) is 6.07 Å². The highest BCUT2D eigenvalue weighted by atomic mass is 32.2. The molecular formula is C28H32N2O3S2. The Morgan fingerprint density at radius 2 is 1.57 bits per heavy atom. The molecule has 5 nitrogen and oxygen atoms in total. The molecule has 3 rings (SSSR count). The third kappa shape index (κ3) is 5.88. The maximum absolute atomic E-state index is 13.4. The van der Waals surface area contributed by atoms with Gasteiger partial charge in [0.05, 0.1) is 5.57 Å². The number of hydrogen-bond acceptors (Lipinski definition) is 6. The van der Waals surface area contributed by atoms with Gasteiger partial charge in [0.1, 0.15) is 16.0 Å². The van der Waals surface area contributed by atoms with E-state index in [4.69, 9.17) is 4.28 Å². The molecule has 2 aromatic rings. The summed E-state index contributed by atoms with van der Waals surface area (Å²) in [4.78, 5) is 0.908. The monoisotopic (exact) mass is 508 g/mol. The largest absolute Gasteiger partial charge is 0.359 e. The molecule has 1 aliphatic rings. The summed E-state index contributed by atoms with van der Waals surface area (Å²) in [6, 6.07) is 13.9. The van der Waals surface area contributed by atoms with E-state index in [2.05, 4.69) is 25.1 Å². The highest BCUT2D eigenvalue weighted by molar-refractivity contribution is 8.18. The Morgan fingerprint density at radius 1 is 0.971 bits per heavy atom. The van der Waals surface area contributed by atoms with Gasteiger partial charge in [0, 0.05) is 4.91 Å². The van der Waals surface area contributed by atoms with Gasteiger partial charge in [0.2, 0.25) is 0 Å². The van der Waals surface area contributed by atoms with Crippen LogP contribution in [0.15, 0.2) is 63.5 Å². The average Bonchev–Trinajstić information content (AvgIpc) is 3.27. The Bertz CT molecular complexity index is 1330.